The van der Waals surface area contributed by atoms with Gasteiger partial charge >= 0.3 is 0 Å². The van der Waals surface area contributed by atoms with Crippen molar-refractivity contribution in [2.75, 3.05) is 18.5 Å². The summed E-state index contributed by atoms with van der Waals surface area (Å²) in [6, 6.07) is 11.4. The molecule has 3 heterocycles. The molecule has 1 amide bonds. The lowest BCUT2D eigenvalue weighted by Gasteiger charge is -2.19. The van der Waals surface area contributed by atoms with Gasteiger partial charge in [-0.05, 0) is 56.0 Å². The minimum atomic E-state index is -0.201. The number of nitrogens with one attached hydrogen (secondary N) is 1. The van der Waals surface area contributed by atoms with E-state index in [-0.39, 0.29) is 11.9 Å². The molecule has 154 valence electrons. The molecule has 30 heavy (non-hydrogen) atoms. The first kappa shape index (κ1) is 19.0. The molecule has 3 aromatic rings. The van der Waals surface area contributed by atoms with E-state index in [0.717, 1.165) is 10.6 Å². The number of ether oxygens (including phenoxy) is 2. The summed E-state index contributed by atoms with van der Waals surface area (Å²) in [6.45, 7) is 3.23. The van der Waals surface area contributed by atoms with Gasteiger partial charge in [0.25, 0.3) is 5.91 Å². The number of carbonyl (C=O) groups is 1. The molecule has 1 saturated carbocycles. The van der Waals surface area contributed by atoms with Gasteiger partial charge in [0.15, 0.2) is 11.5 Å². The lowest BCUT2D eigenvalue weighted by atomic mass is 10.2. The van der Waals surface area contributed by atoms with E-state index < -0.39 is 0 Å². The van der Waals surface area contributed by atoms with E-state index in [4.69, 9.17) is 9.47 Å². The number of aromatic nitrogens is 3. The molecule has 1 atom stereocenters. The Morgan fingerprint density at radius 2 is 2.00 bits per heavy atom. The van der Waals surface area contributed by atoms with Crippen molar-refractivity contribution >= 4 is 23.5 Å². The van der Waals surface area contributed by atoms with Crippen molar-refractivity contribution in [1.29, 1.82) is 0 Å². The van der Waals surface area contributed by atoms with Crippen molar-refractivity contribution in [2.24, 2.45) is 5.92 Å². The number of anilines is 1. The summed E-state index contributed by atoms with van der Waals surface area (Å²) in [5.41, 5.74) is 0.518. The SMILES string of the molecule is CC(C1CC1)n1nccc1NC(=O)c1cccnc1Sc1ccc2c(c1)OCCO2. The number of nitrogens with zero attached hydrogens (tertiary/aromatic N) is 3. The Morgan fingerprint density at radius 3 is 2.83 bits per heavy atom. The van der Waals surface area contributed by atoms with Crippen LogP contribution in [0.5, 0.6) is 11.5 Å². The summed E-state index contributed by atoms with van der Waals surface area (Å²) in [6.07, 6.45) is 5.85. The maximum Gasteiger partial charge on any atom is 0.259 e. The second-order valence-corrected chi connectivity index (χ2v) is 8.52. The van der Waals surface area contributed by atoms with E-state index >= 15 is 0 Å². The zero-order valence-electron chi connectivity index (χ0n) is 16.6. The van der Waals surface area contributed by atoms with Gasteiger partial charge in [0.05, 0.1) is 17.8 Å². The highest BCUT2D eigenvalue weighted by Crippen LogP contribution is 2.40. The molecule has 2 aliphatic rings. The fraction of sp³-hybridized carbons (Fsp3) is 0.318. The van der Waals surface area contributed by atoms with Gasteiger partial charge in [-0.15, -0.1) is 0 Å². The van der Waals surface area contributed by atoms with Gasteiger partial charge in [-0.2, -0.15) is 5.10 Å². The van der Waals surface area contributed by atoms with Crippen LogP contribution in [0, 0.1) is 5.92 Å². The topological polar surface area (TPSA) is 78.3 Å². The lowest BCUT2D eigenvalue weighted by molar-refractivity contribution is 0.102. The third-order valence-corrected chi connectivity index (χ3v) is 6.35. The first-order valence-corrected chi connectivity index (χ1v) is 10.9. The van der Waals surface area contributed by atoms with E-state index in [1.807, 2.05) is 28.9 Å². The predicted octanol–water partition coefficient (Wildman–Crippen LogP) is 4.42. The summed E-state index contributed by atoms with van der Waals surface area (Å²) >= 11 is 1.42. The number of hydrogen-bond acceptors (Lipinski definition) is 6. The molecule has 8 heteroatoms. The van der Waals surface area contributed by atoms with Crippen molar-refractivity contribution in [3.05, 3.63) is 54.4 Å². The molecule has 5 rings (SSSR count). The largest absolute Gasteiger partial charge is 0.486 e. The first-order valence-electron chi connectivity index (χ1n) is 10.1. The summed E-state index contributed by atoms with van der Waals surface area (Å²) in [7, 11) is 0. The third-order valence-electron chi connectivity index (χ3n) is 5.35. The molecule has 1 unspecified atom stereocenters. The van der Waals surface area contributed by atoms with Crippen molar-refractivity contribution in [1.82, 2.24) is 14.8 Å². The third kappa shape index (κ3) is 3.87. The van der Waals surface area contributed by atoms with Crippen LogP contribution in [0.2, 0.25) is 0 Å². The van der Waals surface area contributed by atoms with Gasteiger partial charge in [-0.25, -0.2) is 9.67 Å². The molecule has 1 aliphatic carbocycles. The van der Waals surface area contributed by atoms with Crippen LogP contribution in [0.15, 0.2) is 58.7 Å². The monoisotopic (exact) mass is 422 g/mol. The van der Waals surface area contributed by atoms with E-state index in [9.17, 15) is 4.79 Å². The zero-order valence-corrected chi connectivity index (χ0v) is 17.4. The summed E-state index contributed by atoms with van der Waals surface area (Å²) in [5, 5.41) is 8.05. The smallest absolute Gasteiger partial charge is 0.259 e. The molecular formula is C22H22N4O3S. The zero-order chi connectivity index (χ0) is 20.5. The molecule has 1 aromatic carbocycles. The molecule has 0 radical (unpaired) electrons. The van der Waals surface area contributed by atoms with E-state index in [0.29, 0.717) is 41.3 Å². The van der Waals surface area contributed by atoms with Crippen LogP contribution in [-0.4, -0.2) is 33.9 Å². The fourth-order valence-corrected chi connectivity index (χ4v) is 4.45. The average Bonchev–Trinajstić information content (AvgIpc) is 3.52. The number of pyridine rings is 1. The molecule has 1 aliphatic heterocycles. The number of hydrogen-bond donors (Lipinski definition) is 1. The van der Waals surface area contributed by atoms with Crippen LogP contribution in [0.1, 0.15) is 36.2 Å². The average molecular weight is 423 g/mol. The molecule has 1 N–H and O–H groups in total. The fourth-order valence-electron chi connectivity index (χ4n) is 3.54. The van der Waals surface area contributed by atoms with E-state index in [1.165, 1.54) is 24.6 Å². The molecular weight excluding hydrogens is 400 g/mol. The summed E-state index contributed by atoms with van der Waals surface area (Å²) in [5.74, 6) is 2.60. The highest BCUT2D eigenvalue weighted by molar-refractivity contribution is 7.99. The number of rotatable bonds is 6. The molecule has 1 fully saturated rings. The normalized spacial score (nSPS) is 16.2. The van der Waals surface area contributed by atoms with Gasteiger partial charge in [-0.3, -0.25) is 4.79 Å². The first-order chi connectivity index (χ1) is 14.7. The Labute approximate surface area is 178 Å². The second kappa shape index (κ2) is 8.02. The minimum absolute atomic E-state index is 0.201. The van der Waals surface area contributed by atoms with Gasteiger partial charge < -0.3 is 14.8 Å². The number of benzene rings is 1. The van der Waals surface area contributed by atoms with Crippen molar-refractivity contribution in [3.63, 3.8) is 0 Å². The molecule has 0 bridgehead atoms. The number of amides is 1. The van der Waals surface area contributed by atoms with Gasteiger partial charge in [0, 0.05) is 17.2 Å². The second-order valence-electron chi connectivity index (χ2n) is 7.46. The predicted molar refractivity (Wildman–Crippen MR) is 113 cm³/mol. The Hall–Kier alpha value is -3.00. The van der Waals surface area contributed by atoms with Gasteiger partial charge in [0.1, 0.15) is 24.1 Å². The van der Waals surface area contributed by atoms with Crippen LogP contribution in [0.4, 0.5) is 5.82 Å². The molecule has 2 aromatic heterocycles. The van der Waals surface area contributed by atoms with Crippen LogP contribution in [-0.2, 0) is 0 Å². The minimum Gasteiger partial charge on any atom is -0.486 e. The Morgan fingerprint density at radius 1 is 1.17 bits per heavy atom. The van der Waals surface area contributed by atoms with Gasteiger partial charge in [0.2, 0.25) is 0 Å². The summed E-state index contributed by atoms with van der Waals surface area (Å²) < 4.78 is 13.1. The maximum atomic E-state index is 13.1. The van der Waals surface area contributed by atoms with E-state index in [2.05, 4.69) is 22.3 Å². The van der Waals surface area contributed by atoms with Crippen LogP contribution in [0.3, 0.4) is 0 Å². The molecule has 0 saturated heterocycles. The molecule has 7 nitrogen and oxygen atoms in total. The molecule has 0 spiro atoms. The van der Waals surface area contributed by atoms with Crippen LogP contribution >= 0.6 is 11.8 Å². The number of carbonyl (C=O) groups excluding carboxylic acids is 1. The van der Waals surface area contributed by atoms with Crippen molar-refractivity contribution in [2.45, 2.75) is 35.7 Å². The van der Waals surface area contributed by atoms with Gasteiger partial charge in [-0.1, -0.05) is 11.8 Å². The Bertz CT molecular complexity index is 1080. The highest BCUT2D eigenvalue weighted by atomic mass is 32.2. The highest BCUT2D eigenvalue weighted by Gasteiger charge is 2.31. The maximum absolute atomic E-state index is 13.1. The number of fused-ring (bicyclic) bond motifs is 1. The Kier molecular flexibility index (Phi) is 5.08. The van der Waals surface area contributed by atoms with E-state index in [1.54, 1.807) is 24.5 Å². The quantitative estimate of drug-likeness (QED) is 0.633. The summed E-state index contributed by atoms with van der Waals surface area (Å²) in [4.78, 5) is 18.4. The van der Waals surface area contributed by atoms with Crippen LogP contribution < -0.4 is 14.8 Å². The van der Waals surface area contributed by atoms with Crippen molar-refractivity contribution < 1.29 is 14.3 Å². The van der Waals surface area contributed by atoms with Crippen LogP contribution in [0.25, 0.3) is 0 Å². The Balaban J connectivity index is 1.36. The lowest BCUT2D eigenvalue weighted by Crippen LogP contribution is -2.19. The standard InChI is InChI=1S/C22H22N4O3S/c1-14(15-4-5-15)26-20(8-10-24-26)25-21(27)17-3-2-9-23-22(17)30-16-6-7-18-19(13-16)29-12-11-28-18/h2-3,6-10,13-15H,4-5,11-12H2,1H3,(H,25,27). The van der Waals surface area contributed by atoms with Crippen molar-refractivity contribution in [3.8, 4) is 11.5 Å².